The van der Waals surface area contributed by atoms with E-state index in [2.05, 4.69) is 26.8 Å². The molecule has 44 heavy (non-hydrogen) atoms. The lowest BCUT2D eigenvalue weighted by molar-refractivity contribution is -0.140. The molecule has 3 saturated carbocycles. The Hall–Kier alpha value is -4.00. The van der Waals surface area contributed by atoms with Crippen molar-refractivity contribution in [2.24, 2.45) is 28.8 Å². The largest absolute Gasteiger partial charge is 0.480 e. The highest BCUT2D eigenvalue weighted by Crippen LogP contribution is 2.54. The van der Waals surface area contributed by atoms with Crippen LogP contribution in [0.15, 0.2) is 47.3 Å². The Bertz CT molecular complexity index is 1560. The molecule has 2 amide bonds. The average molecular weight is 617 g/mol. The van der Waals surface area contributed by atoms with Gasteiger partial charge in [-0.05, 0) is 68.7 Å². The lowest BCUT2D eigenvalue weighted by Crippen LogP contribution is -2.48. The highest BCUT2D eigenvalue weighted by molar-refractivity contribution is 6.05. The Labute approximate surface area is 250 Å². The minimum absolute atomic E-state index is 0.0552. The van der Waals surface area contributed by atoms with Gasteiger partial charge in [0, 0.05) is 35.8 Å². The highest BCUT2D eigenvalue weighted by Gasteiger charge is 2.55. The summed E-state index contributed by atoms with van der Waals surface area (Å²) in [6.07, 6.45) is 2.59. The van der Waals surface area contributed by atoms with Crippen LogP contribution in [0.4, 0.5) is 23.2 Å². The molecule has 0 radical (unpaired) electrons. The molecule has 1 aromatic heterocycles. The summed E-state index contributed by atoms with van der Waals surface area (Å²) in [6, 6.07) is 3.25. The molecule has 2 bridgehead atoms. The predicted molar refractivity (Wildman–Crippen MR) is 150 cm³/mol. The average Bonchev–Trinajstić information content (AvgIpc) is 3.50. The molecule has 0 spiro atoms. The maximum absolute atomic E-state index is 13.9. The quantitative estimate of drug-likeness (QED) is 0.288. The second kappa shape index (κ2) is 11.2. The maximum atomic E-state index is 13.9. The summed E-state index contributed by atoms with van der Waals surface area (Å²) in [7, 11) is 1.37. The second-order valence-corrected chi connectivity index (χ2v) is 12.2. The zero-order valence-electron chi connectivity index (χ0n) is 24.1. The maximum Gasteiger partial charge on any atom is 0.419 e. The van der Waals surface area contributed by atoms with Crippen molar-refractivity contribution in [2.45, 2.75) is 56.8 Å². The van der Waals surface area contributed by atoms with E-state index in [1.165, 1.54) is 13.3 Å². The first-order valence-corrected chi connectivity index (χ1v) is 14.5. The number of pyridine rings is 1. The van der Waals surface area contributed by atoms with Crippen molar-refractivity contribution in [2.75, 3.05) is 19.0 Å². The SMILES string of the molecule is COc1ncc(C2=NOC(C)(CO)C2)cc1C(=O)N[C@H]1[C@@H](C(=O)Nc2ccc(F)c(C(F)(F)F)c2)[C@H]2CC[C@@H]1/C2=C\C1CC1. The van der Waals surface area contributed by atoms with E-state index < -0.39 is 46.9 Å². The number of nitrogens with zero attached hydrogens (tertiary/aromatic N) is 2. The molecule has 0 saturated heterocycles. The summed E-state index contributed by atoms with van der Waals surface area (Å²) >= 11 is 0. The van der Waals surface area contributed by atoms with Crippen LogP contribution < -0.4 is 15.4 Å². The molecule has 3 N–H and O–H groups in total. The zero-order valence-corrected chi connectivity index (χ0v) is 24.1. The van der Waals surface area contributed by atoms with Gasteiger partial charge in [0.05, 0.1) is 30.9 Å². The fraction of sp³-hybridized carbons (Fsp3) is 0.484. The zero-order chi connectivity index (χ0) is 31.4. The van der Waals surface area contributed by atoms with Gasteiger partial charge in [-0.2, -0.15) is 13.2 Å². The van der Waals surface area contributed by atoms with Crippen molar-refractivity contribution >= 4 is 23.2 Å². The van der Waals surface area contributed by atoms with E-state index in [1.807, 2.05) is 0 Å². The Balaban J connectivity index is 1.28. The third-order valence-corrected chi connectivity index (χ3v) is 8.96. The molecule has 5 atom stereocenters. The number of halogens is 4. The van der Waals surface area contributed by atoms with E-state index in [0.29, 0.717) is 42.2 Å². The van der Waals surface area contributed by atoms with E-state index in [0.717, 1.165) is 30.9 Å². The minimum Gasteiger partial charge on any atom is -0.480 e. The van der Waals surface area contributed by atoms with Gasteiger partial charge in [-0.15, -0.1) is 0 Å². The third kappa shape index (κ3) is 5.64. The number of ether oxygens (including phenoxy) is 1. The van der Waals surface area contributed by atoms with Crippen LogP contribution in [0.25, 0.3) is 0 Å². The summed E-state index contributed by atoms with van der Waals surface area (Å²) in [4.78, 5) is 37.2. The Morgan fingerprint density at radius 3 is 2.59 bits per heavy atom. The van der Waals surface area contributed by atoms with Gasteiger partial charge in [-0.25, -0.2) is 9.37 Å². The third-order valence-electron chi connectivity index (χ3n) is 8.96. The number of rotatable bonds is 8. The predicted octanol–water partition coefficient (Wildman–Crippen LogP) is 4.85. The highest BCUT2D eigenvalue weighted by atomic mass is 19.4. The van der Waals surface area contributed by atoms with Crippen molar-refractivity contribution in [3.63, 3.8) is 0 Å². The minimum atomic E-state index is -4.93. The lowest BCUT2D eigenvalue weighted by Gasteiger charge is -2.30. The number of hydrogen-bond acceptors (Lipinski definition) is 7. The van der Waals surface area contributed by atoms with Gasteiger partial charge in [-0.3, -0.25) is 9.59 Å². The topological polar surface area (TPSA) is 122 Å². The first kappa shape index (κ1) is 30.0. The van der Waals surface area contributed by atoms with Gasteiger partial charge in [0.1, 0.15) is 11.4 Å². The van der Waals surface area contributed by atoms with Crippen LogP contribution in [-0.4, -0.2) is 53.0 Å². The van der Waals surface area contributed by atoms with Crippen LogP contribution in [0.2, 0.25) is 0 Å². The molecule has 6 rings (SSSR count). The first-order chi connectivity index (χ1) is 20.9. The number of fused-ring (bicyclic) bond motifs is 2. The molecule has 3 fully saturated rings. The van der Waals surface area contributed by atoms with Gasteiger partial charge in [-0.1, -0.05) is 16.8 Å². The molecule has 13 heteroatoms. The summed E-state index contributed by atoms with van der Waals surface area (Å²) in [6.45, 7) is 1.45. The van der Waals surface area contributed by atoms with Crippen LogP contribution in [0.5, 0.6) is 5.88 Å². The Morgan fingerprint density at radius 1 is 1.18 bits per heavy atom. The number of amides is 2. The fourth-order valence-electron chi connectivity index (χ4n) is 6.59. The number of allylic oxidation sites excluding steroid dienone is 1. The molecule has 234 valence electrons. The number of anilines is 1. The van der Waals surface area contributed by atoms with E-state index in [4.69, 9.17) is 9.57 Å². The van der Waals surface area contributed by atoms with Crippen LogP contribution in [0, 0.1) is 29.5 Å². The number of aliphatic hydroxyl groups is 1. The van der Waals surface area contributed by atoms with Gasteiger partial charge in [0.25, 0.3) is 5.91 Å². The number of hydrogen-bond donors (Lipinski definition) is 3. The standard InChI is InChI=1S/C31H32F4N4O5/c1-30(14-40)12-24(39-44-30)16-10-21(29(43-2)36-13-16)27(41)38-26-19-7-6-18(20(19)9-15-3-4-15)25(26)28(42)37-17-5-8-23(32)22(11-17)31(33,34)35/h5,8-11,13,15,18-19,25-26,40H,3-4,6-7,12,14H2,1-2H3,(H,37,42)(H,38,41)/b20-9-/t18-,19+,25-,26+,30?/m0/s1. The summed E-state index contributed by atoms with van der Waals surface area (Å²) in [5.74, 6) is -3.14. The van der Waals surface area contributed by atoms with Crippen molar-refractivity contribution in [3.8, 4) is 5.88 Å². The Kier molecular flexibility index (Phi) is 7.63. The number of carbonyl (C=O) groups is 2. The molecule has 1 unspecified atom stereocenters. The number of nitrogens with one attached hydrogen (secondary N) is 2. The number of aliphatic hydroxyl groups excluding tert-OH is 1. The van der Waals surface area contributed by atoms with Gasteiger partial charge < -0.3 is 25.3 Å². The summed E-state index contributed by atoms with van der Waals surface area (Å²) in [5.41, 5.74) is -0.356. The van der Waals surface area contributed by atoms with Crippen molar-refractivity contribution in [3.05, 3.63) is 64.6 Å². The van der Waals surface area contributed by atoms with Crippen LogP contribution in [0.3, 0.4) is 0 Å². The van der Waals surface area contributed by atoms with Gasteiger partial charge >= 0.3 is 6.18 Å². The molecule has 2 heterocycles. The van der Waals surface area contributed by atoms with Crippen LogP contribution >= 0.6 is 0 Å². The number of oxime groups is 1. The molecule has 4 aliphatic rings. The molecule has 2 aromatic rings. The molecule has 3 aliphatic carbocycles. The van der Waals surface area contributed by atoms with Gasteiger partial charge in [0.2, 0.25) is 11.8 Å². The fourth-order valence-corrected chi connectivity index (χ4v) is 6.59. The smallest absolute Gasteiger partial charge is 0.419 e. The number of aromatic nitrogens is 1. The van der Waals surface area contributed by atoms with Crippen molar-refractivity contribution in [1.29, 1.82) is 0 Å². The van der Waals surface area contributed by atoms with Crippen molar-refractivity contribution < 1.29 is 41.8 Å². The second-order valence-electron chi connectivity index (χ2n) is 12.2. The monoisotopic (exact) mass is 616 g/mol. The molecule has 1 aromatic carbocycles. The van der Waals surface area contributed by atoms with E-state index in [-0.39, 0.29) is 35.6 Å². The van der Waals surface area contributed by atoms with Crippen LogP contribution in [-0.2, 0) is 15.8 Å². The van der Waals surface area contributed by atoms with E-state index in [1.54, 1.807) is 13.0 Å². The summed E-state index contributed by atoms with van der Waals surface area (Å²) in [5, 5.41) is 19.3. The van der Waals surface area contributed by atoms with Crippen LogP contribution in [0.1, 0.15) is 60.5 Å². The molecular weight excluding hydrogens is 584 g/mol. The number of benzene rings is 1. The first-order valence-electron chi connectivity index (χ1n) is 14.5. The molecular formula is C31H32F4N4O5. The van der Waals surface area contributed by atoms with Gasteiger partial charge in [0.15, 0.2) is 5.60 Å². The van der Waals surface area contributed by atoms with Crippen molar-refractivity contribution in [1.82, 2.24) is 10.3 Å². The Morgan fingerprint density at radius 2 is 1.93 bits per heavy atom. The summed E-state index contributed by atoms with van der Waals surface area (Å²) < 4.78 is 59.2. The van der Waals surface area contributed by atoms with E-state index >= 15 is 0 Å². The molecule has 9 nitrogen and oxygen atoms in total. The normalized spacial score (nSPS) is 28.5. The number of methoxy groups -OCH3 is 1. The van der Waals surface area contributed by atoms with E-state index in [9.17, 15) is 32.3 Å². The lowest BCUT2D eigenvalue weighted by atomic mass is 9.83. The number of alkyl halides is 3. The number of carbonyl (C=O) groups excluding carboxylic acids is 2. The molecule has 1 aliphatic heterocycles.